The fourth-order valence-corrected chi connectivity index (χ4v) is 3.33. The summed E-state index contributed by atoms with van der Waals surface area (Å²) in [5.41, 5.74) is 7.92. The Labute approximate surface area is 135 Å². The van der Waals surface area contributed by atoms with Crippen LogP contribution in [0.5, 0.6) is 0 Å². The van der Waals surface area contributed by atoms with Gasteiger partial charge in [-0.25, -0.2) is 4.39 Å². The highest BCUT2D eigenvalue weighted by atomic mass is 35.5. The summed E-state index contributed by atoms with van der Waals surface area (Å²) in [6.07, 6.45) is 0. The minimum atomic E-state index is -0.435. The van der Waals surface area contributed by atoms with Crippen LogP contribution in [0.15, 0.2) is 18.2 Å². The van der Waals surface area contributed by atoms with Gasteiger partial charge in [-0.2, -0.15) is 0 Å². The van der Waals surface area contributed by atoms with Crippen LogP contribution in [-0.4, -0.2) is 0 Å². The van der Waals surface area contributed by atoms with Gasteiger partial charge in [0.1, 0.15) is 5.82 Å². The van der Waals surface area contributed by atoms with Crippen molar-refractivity contribution in [3.8, 4) is 0 Å². The van der Waals surface area contributed by atoms with Gasteiger partial charge in [-0.1, -0.05) is 17.7 Å². The van der Waals surface area contributed by atoms with Crippen molar-refractivity contribution in [3.05, 3.63) is 68.0 Å². The van der Waals surface area contributed by atoms with Gasteiger partial charge in [-0.15, -0.1) is 11.6 Å². The van der Waals surface area contributed by atoms with E-state index in [1.807, 2.05) is 0 Å². The zero-order valence-electron chi connectivity index (χ0n) is 12.9. The lowest BCUT2D eigenvalue weighted by Crippen LogP contribution is -2.06. The third-order valence-electron chi connectivity index (χ3n) is 4.55. The maximum atomic E-state index is 13.7. The summed E-state index contributed by atoms with van der Waals surface area (Å²) >= 11 is 12.4. The second-order valence-corrected chi connectivity index (χ2v) is 6.42. The topological polar surface area (TPSA) is 0 Å². The van der Waals surface area contributed by atoms with Crippen LogP contribution in [0.3, 0.4) is 0 Å². The minimum absolute atomic E-state index is 0.118. The molecule has 0 radical (unpaired) electrons. The summed E-state index contributed by atoms with van der Waals surface area (Å²) in [6, 6.07) is 4.76. The van der Waals surface area contributed by atoms with Crippen molar-refractivity contribution in [2.75, 3.05) is 0 Å². The first kappa shape index (κ1) is 16.3. The van der Waals surface area contributed by atoms with Crippen LogP contribution in [0.1, 0.15) is 44.3 Å². The van der Waals surface area contributed by atoms with Gasteiger partial charge in [0.05, 0.1) is 10.4 Å². The van der Waals surface area contributed by atoms with Crippen LogP contribution in [0.4, 0.5) is 4.39 Å². The summed E-state index contributed by atoms with van der Waals surface area (Å²) in [4.78, 5) is 0. The molecule has 21 heavy (non-hydrogen) atoms. The Morgan fingerprint density at radius 2 is 1.33 bits per heavy atom. The Balaban J connectivity index is 2.63. The molecular weight excluding hydrogens is 306 g/mol. The Kier molecular flexibility index (Phi) is 4.65. The van der Waals surface area contributed by atoms with Crippen molar-refractivity contribution in [1.29, 1.82) is 0 Å². The van der Waals surface area contributed by atoms with E-state index in [9.17, 15) is 4.39 Å². The molecule has 0 bridgehead atoms. The standard InChI is InChI=1S/C18H19Cl2F/c1-9-10(2)12(4)17(13(5)11(9)3)18(20)14-6-7-15(19)16(21)8-14/h6-8,18H,1-5H3. The molecule has 3 heteroatoms. The molecule has 0 aliphatic carbocycles. The highest BCUT2D eigenvalue weighted by Gasteiger charge is 2.20. The molecule has 0 nitrogen and oxygen atoms in total. The molecule has 1 atom stereocenters. The van der Waals surface area contributed by atoms with E-state index in [-0.39, 0.29) is 10.4 Å². The summed E-state index contributed by atoms with van der Waals surface area (Å²) < 4.78 is 13.7. The Morgan fingerprint density at radius 3 is 1.81 bits per heavy atom. The Hall–Kier alpha value is -1.05. The van der Waals surface area contributed by atoms with Crippen molar-refractivity contribution in [3.63, 3.8) is 0 Å². The molecule has 0 amide bonds. The zero-order valence-corrected chi connectivity index (χ0v) is 14.5. The number of alkyl halides is 1. The molecule has 0 fully saturated rings. The van der Waals surface area contributed by atoms with Crippen LogP contribution < -0.4 is 0 Å². The van der Waals surface area contributed by atoms with Gasteiger partial charge in [-0.3, -0.25) is 0 Å². The molecule has 0 spiro atoms. The molecule has 0 N–H and O–H groups in total. The molecule has 0 saturated carbocycles. The summed E-state index contributed by atoms with van der Waals surface area (Å²) in [7, 11) is 0. The molecule has 2 aromatic carbocycles. The maximum Gasteiger partial charge on any atom is 0.142 e. The van der Waals surface area contributed by atoms with Crippen molar-refractivity contribution in [2.24, 2.45) is 0 Å². The zero-order chi connectivity index (χ0) is 15.9. The minimum Gasteiger partial charge on any atom is -0.205 e. The molecule has 112 valence electrons. The fraction of sp³-hybridized carbons (Fsp3) is 0.333. The van der Waals surface area contributed by atoms with E-state index < -0.39 is 5.82 Å². The molecule has 0 saturated heterocycles. The number of rotatable bonds is 2. The second-order valence-electron chi connectivity index (χ2n) is 5.57. The molecule has 1 unspecified atom stereocenters. The first-order valence-electron chi connectivity index (χ1n) is 6.91. The predicted octanol–water partition coefficient (Wildman–Crippen LogP) is 6.35. The summed E-state index contributed by atoms with van der Waals surface area (Å²) in [5.74, 6) is -0.435. The van der Waals surface area contributed by atoms with E-state index in [0.29, 0.717) is 0 Å². The molecule has 0 aromatic heterocycles. The van der Waals surface area contributed by atoms with Crippen LogP contribution in [0.25, 0.3) is 0 Å². The van der Waals surface area contributed by atoms with E-state index in [0.717, 1.165) is 11.1 Å². The molecule has 2 aromatic rings. The van der Waals surface area contributed by atoms with E-state index in [1.54, 1.807) is 12.1 Å². The van der Waals surface area contributed by atoms with Gasteiger partial charge in [-0.05, 0) is 85.7 Å². The normalized spacial score (nSPS) is 12.6. The lowest BCUT2D eigenvalue weighted by molar-refractivity contribution is 0.626. The van der Waals surface area contributed by atoms with Gasteiger partial charge in [0.15, 0.2) is 0 Å². The summed E-state index contributed by atoms with van der Waals surface area (Å²) in [5, 5.41) is -0.262. The van der Waals surface area contributed by atoms with E-state index in [2.05, 4.69) is 34.6 Å². The van der Waals surface area contributed by atoms with Crippen molar-refractivity contribution in [1.82, 2.24) is 0 Å². The quantitative estimate of drug-likeness (QED) is 0.564. The van der Waals surface area contributed by atoms with E-state index >= 15 is 0 Å². The average molecular weight is 325 g/mol. The SMILES string of the molecule is Cc1c(C)c(C)c(C(Cl)c2ccc(Cl)c(F)c2)c(C)c1C. The third kappa shape index (κ3) is 2.82. The molecule has 2 rings (SSSR count). The van der Waals surface area contributed by atoms with Gasteiger partial charge >= 0.3 is 0 Å². The third-order valence-corrected chi connectivity index (χ3v) is 5.32. The monoisotopic (exact) mass is 324 g/mol. The molecular formula is C18H19Cl2F. The van der Waals surface area contributed by atoms with Crippen molar-refractivity contribution in [2.45, 2.75) is 40.0 Å². The van der Waals surface area contributed by atoms with E-state index in [1.165, 1.54) is 33.9 Å². The summed E-state index contributed by atoms with van der Waals surface area (Å²) in [6.45, 7) is 10.5. The highest BCUT2D eigenvalue weighted by Crippen LogP contribution is 2.38. The highest BCUT2D eigenvalue weighted by molar-refractivity contribution is 6.30. The van der Waals surface area contributed by atoms with Gasteiger partial charge < -0.3 is 0 Å². The van der Waals surface area contributed by atoms with Crippen molar-refractivity contribution >= 4 is 23.2 Å². The van der Waals surface area contributed by atoms with Crippen molar-refractivity contribution < 1.29 is 4.39 Å². The van der Waals surface area contributed by atoms with Crippen LogP contribution in [0.2, 0.25) is 5.02 Å². The number of hydrogen-bond acceptors (Lipinski definition) is 0. The first-order valence-corrected chi connectivity index (χ1v) is 7.73. The molecule has 0 heterocycles. The number of hydrogen-bond donors (Lipinski definition) is 0. The molecule has 0 aliphatic heterocycles. The first-order chi connectivity index (χ1) is 9.75. The fourth-order valence-electron chi connectivity index (χ4n) is 2.75. The Morgan fingerprint density at radius 1 is 0.857 bits per heavy atom. The van der Waals surface area contributed by atoms with Crippen LogP contribution in [0, 0.1) is 40.4 Å². The lowest BCUT2D eigenvalue weighted by atomic mass is 9.86. The lowest BCUT2D eigenvalue weighted by Gasteiger charge is -2.22. The van der Waals surface area contributed by atoms with Gasteiger partial charge in [0, 0.05) is 0 Å². The Bertz CT molecular complexity index is 676. The van der Waals surface area contributed by atoms with Gasteiger partial charge in [0.2, 0.25) is 0 Å². The maximum absolute atomic E-state index is 13.7. The van der Waals surface area contributed by atoms with Gasteiger partial charge in [0.25, 0.3) is 0 Å². The average Bonchev–Trinajstić information content (AvgIpc) is 2.46. The smallest absolute Gasteiger partial charge is 0.142 e. The predicted molar refractivity (Wildman–Crippen MR) is 89.2 cm³/mol. The number of benzene rings is 2. The number of halogens is 3. The molecule has 0 aliphatic rings. The second kappa shape index (κ2) is 5.98. The van der Waals surface area contributed by atoms with Crippen LogP contribution >= 0.6 is 23.2 Å². The van der Waals surface area contributed by atoms with E-state index in [4.69, 9.17) is 23.2 Å². The van der Waals surface area contributed by atoms with Crippen LogP contribution in [-0.2, 0) is 0 Å². The largest absolute Gasteiger partial charge is 0.205 e.